The molecule has 1 atom stereocenters. The Balaban J connectivity index is 2.08. The van der Waals surface area contributed by atoms with Gasteiger partial charge in [-0.1, -0.05) is 42.5 Å². The molecule has 2 rings (SSSR count). The zero-order valence-corrected chi connectivity index (χ0v) is 9.63. The van der Waals surface area contributed by atoms with Gasteiger partial charge in [-0.2, -0.15) is 0 Å². The zero-order valence-electron chi connectivity index (χ0n) is 9.63. The molecule has 3 nitrogen and oxygen atoms in total. The molecule has 0 spiro atoms. The Morgan fingerprint density at radius 1 is 1.06 bits per heavy atom. The van der Waals surface area contributed by atoms with E-state index in [1.807, 2.05) is 18.2 Å². The van der Waals surface area contributed by atoms with Gasteiger partial charge in [-0.15, -0.1) is 0 Å². The lowest BCUT2D eigenvalue weighted by Gasteiger charge is -2.10. The minimum Gasteiger partial charge on any atom is -0.394 e. The van der Waals surface area contributed by atoms with Crippen LogP contribution in [-0.4, -0.2) is 29.5 Å². The van der Waals surface area contributed by atoms with E-state index in [4.69, 9.17) is 5.11 Å². The molecule has 0 aliphatic heterocycles. The molecule has 0 saturated heterocycles. The summed E-state index contributed by atoms with van der Waals surface area (Å²) in [5.41, 5.74) is 1.20. The number of fused-ring (bicyclic) bond motifs is 1. The van der Waals surface area contributed by atoms with Crippen molar-refractivity contribution in [3.63, 3.8) is 0 Å². The Kier molecular flexibility index (Phi) is 4.09. The second-order valence-corrected chi connectivity index (χ2v) is 4.11. The maximum Gasteiger partial charge on any atom is 0.0895 e. The summed E-state index contributed by atoms with van der Waals surface area (Å²) in [5.74, 6) is 0. The summed E-state index contributed by atoms with van der Waals surface area (Å²) in [4.78, 5) is 0. The number of aliphatic hydroxyl groups excluding tert-OH is 2. The molecule has 3 N–H and O–H groups in total. The van der Waals surface area contributed by atoms with E-state index in [0.717, 1.165) is 0 Å². The fraction of sp³-hybridized carbons (Fsp3) is 0.286. The third kappa shape index (κ3) is 3.03. The summed E-state index contributed by atoms with van der Waals surface area (Å²) in [6.45, 7) is 0.890. The number of rotatable bonds is 5. The summed E-state index contributed by atoms with van der Waals surface area (Å²) in [7, 11) is 0. The molecular formula is C14H17NO2. The summed E-state index contributed by atoms with van der Waals surface area (Å²) in [6, 6.07) is 14.4. The molecule has 0 fully saturated rings. The number of nitrogens with one attached hydrogen (secondary N) is 1. The van der Waals surface area contributed by atoms with Crippen LogP contribution in [0.15, 0.2) is 42.5 Å². The molecule has 0 aromatic heterocycles. The van der Waals surface area contributed by atoms with Crippen LogP contribution in [0.2, 0.25) is 0 Å². The highest BCUT2D eigenvalue weighted by molar-refractivity contribution is 5.85. The van der Waals surface area contributed by atoms with Gasteiger partial charge in [0.25, 0.3) is 0 Å². The summed E-state index contributed by atoms with van der Waals surface area (Å²) in [5, 5.41) is 23.5. The number of hydrogen-bond donors (Lipinski definition) is 3. The molecule has 2 aromatic rings. The van der Waals surface area contributed by atoms with E-state index in [0.29, 0.717) is 13.1 Å². The predicted molar refractivity (Wildman–Crippen MR) is 68.7 cm³/mol. The Morgan fingerprint density at radius 2 is 1.82 bits per heavy atom. The van der Waals surface area contributed by atoms with E-state index < -0.39 is 6.10 Å². The SMILES string of the molecule is OC[C@H](O)CNCc1cccc2ccccc12. The third-order valence-corrected chi connectivity index (χ3v) is 2.79. The van der Waals surface area contributed by atoms with Crippen LogP contribution < -0.4 is 5.32 Å². The maximum absolute atomic E-state index is 9.24. The van der Waals surface area contributed by atoms with Crippen LogP contribution in [0.5, 0.6) is 0 Å². The van der Waals surface area contributed by atoms with Gasteiger partial charge in [-0.3, -0.25) is 0 Å². The number of hydrogen-bond acceptors (Lipinski definition) is 3. The predicted octanol–water partition coefficient (Wildman–Crippen LogP) is 1.28. The quantitative estimate of drug-likeness (QED) is 0.726. The van der Waals surface area contributed by atoms with Crippen molar-refractivity contribution < 1.29 is 10.2 Å². The highest BCUT2D eigenvalue weighted by atomic mass is 16.3. The van der Waals surface area contributed by atoms with Crippen LogP contribution in [0.1, 0.15) is 5.56 Å². The Bertz CT molecular complexity index is 479. The summed E-state index contributed by atoms with van der Waals surface area (Å²) < 4.78 is 0. The summed E-state index contributed by atoms with van der Waals surface area (Å²) in [6.07, 6.45) is -0.690. The summed E-state index contributed by atoms with van der Waals surface area (Å²) >= 11 is 0. The lowest BCUT2D eigenvalue weighted by atomic mass is 10.0. The van der Waals surface area contributed by atoms with E-state index in [1.165, 1.54) is 16.3 Å². The lowest BCUT2D eigenvalue weighted by molar-refractivity contribution is 0.0942. The van der Waals surface area contributed by atoms with E-state index in [1.54, 1.807) is 0 Å². The van der Waals surface area contributed by atoms with Gasteiger partial charge >= 0.3 is 0 Å². The van der Waals surface area contributed by atoms with Crippen LogP contribution >= 0.6 is 0 Å². The minimum atomic E-state index is -0.690. The van der Waals surface area contributed by atoms with E-state index in [9.17, 15) is 5.11 Å². The Hall–Kier alpha value is -1.42. The Morgan fingerprint density at radius 3 is 2.65 bits per heavy atom. The van der Waals surface area contributed by atoms with Gasteiger partial charge in [0.15, 0.2) is 0 Å². The molecule has 0 radical (unpaired) electrons. The van der Waals surface area contributed by atoms with Crippen molar-refractivity contribution in [1.29, 1.82) is 0 Å². The van der Waals surface area contributed by atoms with Gasteiger partial charge < -0.3 is 15.5 Å². The largest absolute Gasteiger partial charge is 0.394 e. The molecular weight excluding hydrogens is 214 g/mol. The standard InChI is InChI=1S/C14H17NO2/c16-10-13(17)9-15-8-12-6-3-5-11-4-1-2-7-14(11)12/h1-7,13,15-17H,8-10H2/t13-/m1/s1. The Labute approximate surface area is 101 Å². The zero-order chi connectivity index (χ0) is 12.1. The van der Waals surface area contributed by atoms with Crippen molar-refractivity contribution in [2.24, 2.45) is 0 Å². The van der Waals surface area contributed by atoms with Gasteiger partial charge in [0.2, 0.25) is 0 Å². The van der Waals surface area contributed by atoms with E-state index in [2.05, 4.69) is 29.6 Å². The average molecular weight is 231 g/mol. The number of aliphatic hydroxyl groups is 2. The minimum absolute atomic E-state index is 0.206. The fourth-order valence-electron chi connectivity index (χ4n) is 1.88. The molecule has 0 unspecified atom stereocenters. The van der Waals surface area contributed by atoms with Gasteiger partial charge in [-0.05, 0) is 16.3 Å². The van der Waals surface area contributed by atoms with Crippen molar-refractivity contribution in [2.45, 2.75) is 12.6 Å². The van der Waals surface area contributed by atoms with E-state index >= 15 is 0 Å². The molecule has 0 bridgehead atoms. The van der Waals surface area contributed by atoms with Gasteiger partial charge in [0.05, 0.1) is 12.7 Å². The lowest BCUT2D eigenvalue weighted by Crippen LogP contribution is -2.28. The van der Waals surface area contributed by atoms with Crippen molar-refractivity contribution in [3.05, 3.63) is 48.0 Å². The van der Waals surface area contributed by atoms with Crippen molar-refractivity contribution in [1.82, 2.24) is 5.32 Å². The van der Waals surface area contributed by atoms with Crippen molar-refractivity contribution >= 4 is 10.8 Å². The first-order chi connectivity index (χ1) is 8.31. The van der Waals surface area contributed by atoms with Crippen LogP contribution in [0.4, 0.5) is 0 Å². The highest BCUT2D eigenvalue weighted by Gasteiger charge is 2.02. The molecule has 0 aliphatic rings. The first kappa shape index (κ1) is 12.0. The normalized spacial score (nSPS) is 12.8. The molecule has 17 heavy (non-hydrogen) atoms. The molecule has 0 aliphatic carbocycles. The van der Waals surface area contributed by atoms with Gasteiger partial charge in [0, 0.05) is 13.1 Å². The molecule has 2 aromatic carbocycles. The van der Waals surface area contributed by atoms with Crippen molar-refractivity contribution in [2.75, 3.05) is 13.2 Å². The molecule has 0 amide bonds. The van der Waals surface area contributed by atoms with Gasteiger partial charge in [0.1, 0.15) is 0 Å². The van der Waals surface area contributed by atoms with Crippen LogP contribution in [0.3, 0.4) is 0 Å². The smallest absolute Gasteiger partial charge is 0.0895 e. The second kappa shape index (κ2) is 5.77. The molecule has 0 saturated carbocycles. The maximum atomic E-state index is 9.24. The first-order valence-corrected chi connectivity index (χ1v) is 5.77. The number of benzene rings is 2. The van der Waals surface area contributed by atoms with Crippen molar-refractivity contribution in [3.8, 4) is 0 Å². The van der Waals surface area contributed by atoms with Crippen LogP contribution in [-0.2, 0) is 6.54 Å². The van der Waals surface area contributed by atoms with E-state index in [-0.39, 0.29) is 6.61 Å². The average Bonchev–Trinajstić information content (AvgIpc) is 2.39. The second-order valence-electron chi connectivity index (χ2n) is 4.11. The molecule has 3 heteroatoms. The molecule has 0 heterocycles. The molecule has 90 valence electrons. The van der Waals surface area contributed by atoms with Crippen LogP contribution in [0.25, 0.3) is 10.8 Å². The topological polar surface area (TPSA) is 52.5 Å². The highest BCUT2D eigenvalue weighted by Crippen LogP contribution is 2.17. The van der Waals surface area contributed by atoms with Gasteiger partial charge in [-0.25, -0.2) is 0 Å². The first-order valence-electron chi connectivity index (χ1n) is 5.77. The fourth-order valence-corrected chi connectivity index (χ4v) is 1.88. The van der Waals surface area contributed by atoms with Crippen LogP contribution in [0, 0.1) is 0 Å². The third-order valence-electron chi connectivity index (χ3n) is 2.79. The monoisotopic (exact) mass is 231 g/mol.